The molecule has 4 rings (SSSR count). The first-order valence-corrected chi connectivity index (χ1v) is 10.7. The van der Waals surface area contributed by atoms with Gasteiger partial charge in [-0.25, -0.2) is 9.37 Å². The number of carbonyl (C=O) groups is 1. The van der Waals surface area contributed by atoms with Crippen molar-refractivity contribution in [3.8, 4) is 17.0 Å². The van der Waals surface area contributed by atoms with Gasteiger partial charge in [0, 0.05) is 11.8 Å². The van der Waals surface area contributed by atoms with Gasteiger partial charge in [0.2, 0.25) is 5.91 Å². The number of hydrogen-bond donors (Lipinski definition) is 1. The average Bonchev–Trinajstić information content (AvgIpc) is 3.12. The van der Waals surface area contributed by atoms with Crippen LogP contribution in [0.3, 0.4) is 0 Å². The number of fused-ring (bicyclic) bond motifs is 1. The van der Waals surface area contributed by atoms with Crippen molar-refractivity contribution < 1.29 is 13.9 Å². The highest BCUT2D eigenvalue weighted by Crippen LogP contribution is 2.28. The number of para-hydroxylation sites is 2. The zero-order chi connectivity index (χ0) is 22.7. The van der Waals surface area contributed by atoms with Crippen LogP contribution in [0.15, 0.2) is 60.8 Å². The Hall–Kier alpha value is -3.67. The Balaban J connectivity index is 1.70. The summed E-state index contributed by atoms with van der Waals surface area (Å²) in [5.41, 5.74) is 5.16. The van der Waals surface area contributed by atoms with Crippen LogP contribution in [-0.2, 0) is 11.2 Å². The number of nitrogens with zero attached hydrogens (tertiary/aromatic N) is 2. The predicted octanol–water partition coefficient (Wildman–Crippen LogP) is 5.73. The SMILES string of the molecule is CCCOc1ccccc1NC(=O)Cc1c(-c2ccc(F)c(C)c2)nc2ccc(C)cn12. The van der Waals surface area contributed by atoms with Gasteiger partial charge in [0.1, 0.15) is 17.2 Å². The van der Waals surface area contributed by atoms with Gasteiger partial charge < -0.3 is 14.5 Å². The van der Waals surface area contributed by atoms with Gasteiger partial charge >= 0.3 is 0 Å². The average molecular weight is 432 g/mol. The van der Waals surface area contributed by atoms with Gasteiger partial charge in [-0.2, -0.15) is 0 Å². The van der Waals surface area contributed by atoms with Crippen molar-refractivity contribution in [3.63, 3.8) is 0 Å². The van der Waals surface area contributed by atoms with Crippen LogP contribution in [-0.4, -0.2) is 21.9 Å². The molecular weight excluding hydrogens is 405 g/mol. The Morgan fingerprint density at radius 3 is 2.72 bits per heavy atom. The molecule has 0 atom stereocenters. The summed E-state index contributed by atoms with van der Waals surface area (Å²) in [5, 5.41) is 2.97. The minimum absolute atomic E-state index is 0.110. The minimum atomic E-state index is -0.267. The second-order valence-electron chi connectivity index (χ2n) is 7.88. The summed E-state index contributed by atoms with van der Waals surface area (Å²) in [5.74, 6) is 0.198. The number of nitrogens with one attached hydrogen (secondary N) is 1. The minimum Gasteiger partial charge on any atom is -0.491 e. The van der Waals surface area contributed by atoms with E-state index in [1.807, 2.05) is 60.8 Å². The van der Waals surface area contributed by atoms with Gasteiger partial charge in [-0.05, 0) is 67.8 Å². The molecule has 0 radical (unpaired) electrons. The number of anilines is 1. The quantitative estimate of drug-likeness (QED) is 0.407. The molecule has 0 saturated heterocycles. The molecule has 2 aromatic heterocycles. The zero-order valence-electron chi connectivity index (χ0n) is 18.5. The van der Waals surface area contributed by atoms with Crippen molar-refractivity contribution in [3.05, 3.63) is 83.4 Å². The molecule has 1 N–H and O–H groups in total. The van der Waals surface area contributed by atoms with Gasteiger partial charge in [0.15, 0.2) is 0 Å². The topological polar surface area (TPSA) is 55.6 Å². The summed E-state index contributed by atoms with van der Waals surface area (Å²) in [6.45, 7) is 6.32. The lowest BCUT2D eigenvalue weighted by atomic mass is 10.1. The van der Waals surface area contributed by atoms with E-state index in [1.165, 1.54) is 6.07 Å². The fraction of sp³-hybridized carbons (Fsp3) is 0.231. The number of imidazole rings is 1. The van der Waals surface area contributed by atoms with Crippen molar-refractivity contribution in [2.24, 2.45) is 0 Å². The molecule has 164 valence electrons. The molecule has 0 fully saturated rings. The molecule has 2 heterocycles. The van der Waals surface area contributed by atoms with E-state index in [4.69, 9.17) is 9.72 Å². The van der Waals surface area contributed by atoms with E-state index in [2.05, 4.69) is 5.32 Å². The molecule has 6 heteroatoms. The number of ether oxygens (including phenoxy) is 1. The Bertz CT molecular complexity index is 1280. The zero-order valence-corrected chi connectivity index (χ0v) is 18.5. The van der Waals surface area contributed by atoms with Crippen LogP contribution >= 0.6 is 0 Å². The van der Waals surface area contributed by atoms with Crippen molar-refractivity contribution in [2.75, 3.05) is 11.9 Å². The number of pyridine rings is 1. The Morgan fingerprint density at radius 1 is 1.12 bits per heavy atom. The van der Waals surface area contributed by atoms with Crippen molar-refractivity contribution in [1.82, 2.24) is 9.38 Å². The number of aryl methyl sites for hydroxylation is 2. The molecule has 5 nitrogen and oxygen atoms in total. The molecule has 0 aliphatic heterocycles. The van der Waals surface area contributed by atoms with Crippen LogP contribution in [0.2, 0.25) is 0 Å². The van der Waals surface area contributed by atoms with E-state index < -0.39 is 0 Å². The molecule has 0 spiro atoms. The van der Waals surface area contributed by atoms with E-state index in [1.54, 1.807) is 19.1 Å². The molecule has 0 saturated carbocycles. The fourth-order valence-corrected chi connectivity index (χ4v) is 3.65. The van der Waals surface area contributed by atoms with Gasteiger partial charge in [-0.1, -0.05) is 25.1 Å². The third-order valence-corrected chi connectivity index (χ3v) is 5.25. The maximum absolute atomic E-state index is 13.8. The van der Waals surface area contributed by atoms with Gasteiger partial charge in [0.25, 0.3) is 0 Å². The summed E-state index contributed by atoms with van der Waals surface area (Å²) in [6.07, 6.45) is 2.95. The monoisotopic (exact) mass is 431 g/mol. The number of carbonyl (C=O) groups excluding carboxylic acids is 1. The maximum Gasteiger partial charge on any atom is 0.230 e. The lowest BCUT2D eigenvalue weighted by Crippen LogP contribution is -2.17. The fourth-order valence-electron chi connectivity index (χ4n) is 3.65. The highest BCUT2D eigenvalue weighted by Gasteiger charge is 2.19. The molecular formula is C26H26FN3O2. The number of aromatic nitrogens is 2. The van der Waals surface area contributed by atoms with Crippen molar-refractivity contribution in [2.45, 2.75) is 33.6 Å². The van der Waals surface area contributed by atoms with E-state index >= 15 is 0 Å². The number of halogens is 1. The lowest BCUT2D eigenvalue weighted by Gasteiger charge is -2.12. The first-order valence-electron chi connectivity index (χ1n) is 10.7. The summed E-state index contributed by atoms with van der Waals surface area (Å²) < 4.78 is 21.5. The third-order valence-electron chi connectivity index (χ3n) is 5.25. The van der Waals surface area contributed by atoms with E-state index in [0.717, 1.165) is 28.9 Å². The van der Waals surface area contributed by atoms with Crippen molar-refractivity contribution in [1.29, 1.82) is 0 Å². The van der Waals surface area contributed by atoms with E-state index in [9.17, 15) is 9.18 Å². The van der Waals surface area contributed by atoms with Crippen LogP contribution in [0, 0.1) is 19.7 Å². The second-order valence-corrected chi connectivity index (χ2v) is 7.88. The molecule has 2 aromatic carbocycles. The van der Waals surface area contributed by atoms with E-state index in [0.29, 0.717) is 29.3 Å². The second kappa shape index (κ2) is 9.22. The first kappa shape index (κ1) is 21.6. The Kier molecular flexibility index (Phi) is 6.21. The summed E-state index contributed by atoms with van der Waals surface area (Å²) in [4.78, 5) is 17.8. The van der Waals surface area contributed by atoms with Gasteiger partial charge in [-0.3, -0.25) is 4.79 Å². The third kappa shape index (κ3) is 4.49. The normalized spacial score (nSPS) is 11.0. The smallest absolute Gasteiger partial charge is 0.230 e. The lowest BCUT2D eigenvalue weighted by molar-refractivity contribution is -0.115. The molecule has 32 heavy (non-hydrogen) atoms. The van der Waals surface area contributed by atoms with Crippen LogP contribution < -0.4 is 10.1 Å². The maximum atomic E-state index is 13.8. The number of benzene rings is 2. The van der Waals surface area contributed by atoms with Crippen LogP contribution in [0.25, 0.3) is 16.9 Å². The number of rotatable bonds is 7. The Labute approximate surface area is 186 Å². The number of amides is 1. The molecule has 0 aliphatic carbocycles. The van der Waals surface area contributed by atoms with Crippen LogP contribution in [0.1, 0.15) is 30.2 Å². The molecule has 0 unspecified atom stereocenters. The summed E-state index contributed by atoms with van der Waals surface area (Å²) >= 11 is 0. The largest absolute Gasteiger partial charge is 0.491 e. The molecule has 1 amide bonds. The van der Waals surface area contributed by atoms with Gasteiger partial charge in [0.05, 0.1) is 30.1 Å². The van der Waals surface area contributed by atoms with E-state index in [-0.39, 0.29) is 18.1 Å². The predicted molar refractivity (Wildman–Crippen MR) is 125 cm³/mol. The molecule has 4 aromatic rings. The highest BCUT2D eigenvalue weighted by molar-refractivity contribution is 5.94. The van der Waals surface area contributed by atoms with Crippen LogP contribution in [0.5, 0.6) is 5.75 Å². The standard InChI is InChI=1S/C26H26FN3O2/c1-4-13-32-23-8-6-5-7-21(23)28-25(31)15-22-26(19-10-11-20(27)18(3)14-19)29-24-12-9-17(2)16-30(22)24/h5-12,14,16H,4,13,15H2,1-3H3,(H,28,31). The Morgan fingerprint density at radius 2 is 1.94 bits per heavy atom. The first-order chi connectivity index (χ1) is 15.5. The molecule has 0 aliphatic rings. The molecule has 0 bridgehead atoms. The van der Waals surface area contributed by atoms with Gasteiger partial charge in [-0.15, -0.1) is 0 Å². The summed E-state index contributed by atoms with van der Waals surface area (Å²) in [6, 6.07) is 16.2. The van der Waals surface area contributed by atoms with Crippen molar-refractivity contribution >= 4 is 17.2 Å². The van der Waals surface area contributed by atoms with Crippen LogP contribution in [0.4, 0.5) is 10.1 Å². The summed E-state index contributed by atoms with van der Waals surface area (Å²) in [7, 11) is 0. The highest BCUT2D eigenvalue weighted by atomic mass is 19.1. The number of hydrogen-bond acceptors (Lipinski definition) is 3.